The van der Waals surface area contributed by atoms with Gasteiger partial charge in [-0.1, -0.05) is 57.8 Å². The Morgan fingerprint density at radius 1 is 0.778 bits per heavy atom. The molecule has 0 saturated heterocycles. The van der Waals surface area contributed by atoms with Crippen LogP contribution in [0, 0.1) is 29.1 Å². The SMILES string of the molecule is N#CCCCC[C@H]1CC[C@H](C2CCCCC2)CC1. The van der Waals surface area contributed by atoms with Gasteiger partial charge < -0.3 is 0 Å². The van der Waals surface area contributed by atoms with Crippen LogP contribution in [0.1, 0.15) is 83.5 Å². The second kappa shape index (κ2) is 7.82. The van der Waals surface area contributed by atoms with Gasteiger partial charge >= 0.3 is 0 Å². The highest BCUT2D eigenvalue weighted by atomic mass is 14.3. The maximum atomic E-state index is 8.53. The van der Waals surface area contributed by atoms with Crippen molar-refractivity contribution in [3.05, 3.63) is 0 Å². The van der Waals surface area contributed by atoms with Gasteiger partial charge in [0.1, 0.15) is 0 Å². The van der Waals surface area contributed by atoms with Crippen LogP contribution >= 0.6 is 0 Å². The molecule has 1 heteroatoms. The molecule has 2 fully saturated rings. The first kappa shape index (κ1) is 13.9. The van der Waals surface area contributed by atoms with E-state index in [2.05, 4.69) is 6.07 Å². The van der Waals surface area contributed by atoms with E-state index in [0.717, 1.165) is 30.6 Å². The standard InChI is InChI=1S/C17H29N/c18-14-6-2-3-7-15-10-12-17(13-11-15)16-8-4-1-5-9-16/h15-17H,1-13H2/t15-,17-. The van der Waals surface area contributed by atoms with Gasteiger partial charge in [-0.15, -0.1) is 0 Å². The minimum atomic E-state index is 0.761. The first-order valence-electron chi connectivity index (χ1n) is 8.27. The summed E-state index contributed by atoms with van der Waals surface area (Å²) in [5.74, 6) is 3.14. The molecule has 1 nitrogen and oxygen atoms in total. The lowest BCUT2D eigenvalue weighted by Gasteiger charge is -2.36. The van der Waals surface area contributed by atoms with Crippen LogP contribution in [0.4, 0.5) is 0 Å². The van der Waals surface area contributed by atoms with E-state index >= 15 is 0 Å². The third-order valence-electron chi connectivity index (χ3n) is 5.36. The number of nitrogens with zero attached hydrogens (tertiary/aromatic N) is 1. The first-order valence-corrected chi connectivity index (χ1v) is 8.27. The Morgan fingerprint density at radius 2 is 1.44 bits per heavy atom. The monoisotopic (exact) mass is 247 g/mol. The van der Waals surface area contributed by atoms with Gasteiger partial charge in [0.05, 0.1) is 6.07 Å². The van der Waals surface area contributed by atoms with Crippen molar-refractivity contribution in [2.24, 2.45) is 17.8 Å². The van der Waals surface area contributed by atoms with Gasteiger partial charge in [0.25, 0.3) is 0 Å². The summed E-state index contributed by atoms with van der Waals surface area (Å²) in [4.78, 5) is 0. The summed E-state index contributed by atoms with van der Waals surface area (Å²) in [6.45, 7) is 0. The number of hydrogen-bond acceptors (Lipinski definition) is 1. The van der Waals surface area contributed by atoms with Gasteiger partial charge in [-0.25, -0.2) is 0 Å². The van der Waals surface area contributed by atoms with Crippen molar-refractivity contribution in [3.8, 4) is 6.07 Å². The van der Waals surface area contributed by atoms with Crippen molar-refractivity contribution < 1.29 is 0 Å². The van der Waals surface area contributed by atoms with Crippen molar-refractivity contribution in [3.63, 3.8) is 0 Å². The summed E-state index contributed by atoms with van der Waals surface area (Å²) in [6, 6.07) is 2.26. The largest absolute Gasteiger partial charge is 0.198 e. The molecule has 0 amide bonds. The summed E-state index contributed by atoms with van der Waals surface area (Å²) in [5.41, 5.74) is 0. The molecule has 0 N–H and O–H groups in total. The fourth-order valence-electron chi connectivity index (χ4n) is 4.19. The van der Waals surface area contributed by atoms with Crippen LogP contribution in [-0.2, 0) is 0 Å². The molecule has 0 aromatic rings. The zero-order chi connectivity index (χ0) is 12.6. The third-order valence-corrected chi connectivity index (χ3v) is 5.36. The smallest absolute Gasteiger partial charge is 0.0621 e. The van der Waals surface area contributed by atoms with E-state index in [0.29, 0.717) is 0 Å². The molecular formula is C17H29N. The number of unbranched alkanes of at least 4 members (excludes halogenated alkanes) is 2. The average Bonchev–Trinajstić information content (AvgIpc) is 2.45. The summed E-state index contributed by atoms with van der Waals surface area (Å²) < 4.78 is 0. The van der Waals surface area contributed by atoms with Gasteiger partial charge in [0, 0.05) is 6.42 Å². The molecule has 0 radical (unpaired) electrons. The molecule has 0 aliphatic heterocycles. The van der Waals surface area contributed by atoms with Crippen molar-refractivity contribution in [1.82, 2.24) is 0 Å². The highest BCUT2D eigenvalue weighted by molar-refractivity contribution is 4.80. The maximum absolute atomic E-state index is 8.53. The van der Waals surface area contributed by atoms with E-state index in [1.54, 1.807) is 0 Å². The molecule has 0 spiro atoms. The Bertz CT molecular complexity index is 251. The van der Waals surface area contributed by atoms with Gasteiger partial charge in [-0.3, -0.25) is 0 Å². The van der Waals surface area contributed by atoms with E-state index in [-0.39, 0.29) is 0 Å². The van der Waals surface area contributed by atoms with E-state index in [4.69, 9.17) is 5.26 Å². The maximum Gasteiger partial charge on any atom is 0.0621 e. The molecule has 0 aromatic carbocycles. The predicted octanol–water partition coefficient (Wildman–Crippen LogP) is 5.46. The summed E-state index contributed by atoms with van der Waals surface area (Å²) >= 11 is 0. The van der Waals surface area contributed by atoms with Crippen LogP contribution in [0.15, 0.2) is 0 Å². The molecule has 18 heavy (non-hydrogen) atoms. The van der Waals surface area contributed by atoms with Crippen LogP contribution in [0.2, 0.25) is 0 Å². The molecular weight excluding hydrogens is 218 g/mol. The molecule has 2 aliphatic carbocycles. The van der Waals surface area contributed by atoms with Crippen molar-refractivity contribution in [2.75, 3.05) is 0 Å². The van der Waals surface area contributed by atoms with Gasteiger partial charge in [0.15, 0.2) is 0 Å². The van der Waals surface area contributed by atoms with Gasteiger partial charge in [0.2, 0.25) is 0 Å². The van der Waals surface area contributed by atoms with Crippen LogP contribution in [-0.4, -0.2) is 0 Å². The van der Waals surface area contributed by atoms with Gasteiger partial charge in [-0.05, 0) is 37.0 Å². The molecule has 2 aliphatic rings. The average molecular weight is 247 g/mol. The molecule has 0 unspecified atom stereocenters. The molecule has 0 atom stereocenters. The van der Waals surface area contributed by atoms with E-state index in [1.807, 2.05) is 0 Å². The van der Waals surface area contributed by atoms with Crippen molar-refractivity contribution in [2.45, 2.75) is 83.5 Å². The van der Waals surface area contributed by atoms with Crippen molar-refractivity contribution in [1.29, 1.82) is 5.26 Å². The number of nitriles is 1. The Balaban J connectivity index is 1.60. The van der Waals surface area contributed by atoms with Crippen LogP contribution in [0.25, 0.3) is 0 Å². The molecule has 0 aromatic heterocycles. The second-order valence-electron chi connectivity index (χ2n) is 6.58. The minimum absolute atomic E-state index is 0.761. The third kappa shape index (κ3) is 4.30. The Morgan fingerprint density at radius 3 is 2.11 bits per heavy atom. The number of rotatable bonds is 5. The highest BCUT2D eigenvalue weighted by Crippen LogP contribution is 2.40. The summed E-state index contributed by atoms with van der Waals surface area (Å²) in [5, 5.41) is 8.53. The Hall–Kier alpha value is -0.510. The second-order valence-corrected chi connectivity index (χ2v) is 6.58. The van der Waals surface area contributed by atoms with Crippen LogP contribution in [0.3, 0.4) is 0 Å². The van der Waals surface area contributed by atoms with Crippen LogP contribution in [0.5, 0.6) is 0 Å². The molecule has 102 valence electrons. The normalized spacial score (nSPS) is 29.9. The lowest BCUT2D eigenvalue weighted by Crippen LogP contribution is -2.23. The lowest BCUT2D eigenvalue weighted by molar-refractivity contribution is 0.162. The highest BCUT2D eigenvalue weighted by Gasteiger charge is 2.28. The zero-order valence-electron chi connectivity index (χ0n) is 11.9. The van der Waals surface area contributed by atoms with E-state index in [9.17, 15) is 0 Å². The fraction of sp³-hybridized carbons (Fsp3) is 0.941. The van der Waals surface area contributed by atoms with Crippen molar-refractivity contribution >= 4 is 0 Å². The Labute approximate surface area is 113 Å². The van der Waals surface area contributed by atoms with Crippen LogP contribution < -0.4 is 0 Å². The molecule has 2 saturated carbocycles. The zero-order valence-corrected chi connectivity index (χ0v) is 11.9. The van der Waals surface area contributed by atoms with Gasteiger partial charge in [-0.2, -0.15) is 5.26 Å². The molecule has 0 bridgehead atoms. The van der Waals surface area contributed by atoms with E-state index in [1.165, 1.54) is 70.6 Å². The Kier molecular flexibility index (Phi) is 6.05. The lowest BCUT2D eigenvalue weighted by atomic mass is 9.70. The summed E-state index contributed by atoms with van der Waals surface area (Å²) in [6.07, 6.45) is 18.1. The molecule has 0 heterocycles. The molecule has 2 rings (SSSR count). The number of hydrogen-bond donors (Lipinski definition) is 0. The predicted molar refractivity (Wildman–Crippen MR) is 76.1 cm³/mol. The fourth-order valence-corrected chi connectivity index (χ4v) is 4.19. The first-order chi connectivity index (χ1) is 8.90. The minimum Gasteiger partial charge on any atom is -0.198 e. The topological polar surface area (TPSA) is 23.8 Å². The van der Waals surface area contributed by atoms with E-state index < -0.39 is 0 Å². The quantitative estimate of drug-likeness (QED) is 0.592. The summed E-state index contributed by atoms with van der Waals surface area (Å²) in [7, 11) is 0.